The summed E-state index contributed by atoms with van der Waals surface area (Å²) < 4.78 is 13.7. The van der Waals surface area contributed by atoms with Gasteiger partial charge < -0.3 is 10.0 Å². The topological polar surface area (TPSA) is 53.4 Å². The van der Waals surface area contributed by atoms with E-state index in [2.05, 4.69) is 4.98 Å². The van der Waals surface area contributed by atoms with Crippen molar-refractivity contribution in [2.75, 3.05) is 13.6 Å². The predicted octanol–water partition coefficient (Wildman–Crippen LogP) is 3.09. The summed E-state index contributed by atoms with van der Waals surface area (Å²) in [5.74, 6) is 0.162. The van der Waals surface area contributed by atoms with Crippen LogP contribution in [0.25, 0.3) is 10.9 Å². The largest absolute Gasteiger partial charge is 0.391 e. The average Bonchev–Trinajstić information content (AvgIpc) is 3.45. The zero-order chi connectivity index (χ0) is 16.8. The van der Waals surface area contributed by atoms with Crippen LogP contribution in [0.5, 0.6) is 0 Å². The molecule has 1 aromatic heterocycles. The number of aliphatic hydroxyl groups is 1. The molecule has 2 aromatic rings. The molecule has 1 N–H and O–H groups in total. The third-order valence-electron chi connectivity index (χ3n) is 4.99. The van der Waals surface area contributed by atoms with Crippen molar-refractivity contribution < 1.29 is 14.3 Å². The van der Waals surface area contributed by atoms with Crippen LogP contribution in [-0.2, 0) is 0 Å². The van der Waals surface area contributed by atoms with Crippen molar-refractivity contribution in [1.82, 2.24) is 9.88 Å². The highest BCUT2D eigenvalue weighted by Crippen LogP contribution is 2.40. The number of carbonyl (C=O) groups excluding carboxylic acids is 1. The molecule has 2 fully saturated rings. The number of halogens is 1. The average molecular weight is 328 g/mol. The molecule has 2 aliphatic rings. The monoisotopic (exact) mass is 328 g/mol. The molecule has 126 valence electrons. The summed E-state index contributed by atoms with van der Waals surface area (Å²) in [5, 5.41) is 10.6. The van der Waals surface area contributed by atoms with E-state index < -0.39 is 6.10 Å². The fourth-order valence-electron chi connectivity index (χ4n) is 3.18. The normalized spacial score (nSPS) is 18.6. The molecule has 0 radical (unpaired) electrons. The van der Waals surface area contributed by atoms with Gasteiger partial charge in [0.2, 0.25) is 0 Å². The van der Waals surface area contributed by atoms with Gasteiger partial charge in [-0.3, -0.25) is 9.78 Å². The summed E-state index contributed by atoms with van der Waals surface area (Å²) in [5.41, 5.74) is 2.04. The van der Waals surface area contributed by atoms with Crippen LogP contribution in [0.2, 0.25) is 0 Å². The summed E-state index contributed by atoms with van der Waals surface area (Å²) in [6.07, 6.45) is 3.75. The second-order valence-electron chi connectivity index (χ2n) is 7.12. The first-order chi connectivity index (χ1) is 11.5. The first kappa shape index (κ1) is 15.5. The third kappa shape index (κ3) is 3.00. The minimum absolute atomic E-state index is 0.186. The summed E-state index contributed by atoms with van der Waals surface area (Å²) in [6.45, 7) is 0.307. The highest BCUT2D eigenvalue weighted by molar-refractivity contribution is 6.06. The van der Waals surface area contributed by atoms with Crippen LogP contribution in [0.15, 0.2) is 24.3 Å². The molecule has 0 spiro atoms. The maximum atomic E-state index is 13.7. The molecule has 0 bridgehead atoms. The third-order valence-corrected chi connectivity index (χ3v) is 4.99. The molecule has 1 aromatic carbocycles. The van der Waals surface area contributed by atoms with Crippen LogP contribution in [0, 0.1) is 11.7 Å². The number of aromatic nitrogens is 1. The first-order valence-corrected chi connectivity index (χ1v) is 8.56. The van der Waals surface area contributed by atoms with Gasteiger partial charge >= 0.3 is 0 Å². The number of hydrogen-bond acceptors (Lipinski definition) is 3. The van der Waals surface area contributed by atoms with Crippen LogP contribution >= 0.6 is 0 Å². The van der Waals surface area contributed by atoms with Gasteiger partial charge in [0.05, 0.1) is 17.2 Å². The Labute approximate surface area is 140 Å². The Morgan fingerprint density at radius 3 is 2.75 bits per heavy atom. The van der Waals surface area contributed by atoms with Crippen LogP contribution in [0.4, 0.5) is 4.39 Å². The van der Waals surface area contributed by atoms with E-state index in [0.717, 1.165) is 31.4 Å². The number of nitrogens with zero attached hydrogens (tertiary/aromatic N) is 2. The van der Waals surface area contributed by atoms with Crippen molar-refractivity contribution >= 4 is 16.8 Å². The molecule has 4 rings (SSSR count). The summed E-state index contributed by atoms with van der Waals surface area (Å²) in [4.78, 5) is 19.0. The van der Waals surface area contributed by atoms with E-state index in [1.807, 2.05) is 6.07 Å². The molecule has 2 aliphatic carbocycles. The Hall–Kier alpha value is -2.01. The predicted molar refractivity (Wildman–Crippen MR) is 89.4 cm³/mol. The lowest BCUT2D eigenvalue weighted by atomic mass is 10.0. The molecule has 4 nitrogen and oxygen atoms in total. The standard InChI is InChI=1S/C19H21FN2O2/c1-22(10-18(23)12-4-5-12)19(24)15-9-17(11-2-3-11)21-16-7-6-13(20)8-14(15)16/h6-9,11-12,18,23H,2-5,10H2,1H3. The lowest BCUT2D eigenvalue weighted by Crippen LogP contribution is -2.35. The van der Waals surface area contributed by atoms with Crippen molar-refractivity contribution in [2.24, 2.45) is 5.92 Å². The van der Waals surface area contributed by atoms with Gasteiger partial charge in [0, 0.05) is 30.6 Å². The lowest BCUT2D eigenvalue weighted by Gasteiger charge is -2.22. The van der Waals surface area contributed by atoms with Gasteiger partial charge in [-0.2, -0.15) is 0 Å². The molecule has 0 saturated heterocycles. The molecule has 1 unspecified atom stereocenters. The van der Waals surface area contributed by atoms with E-state index in [0.29, 0.717) is 34.8 Å². The van der Waals surface area contributed by atoms with Gasteiger partial charge in [-0.15, -0.1) is 0 Å². The Kier molecular flexibility index (Phi) is 3.76. The van der Waals surface area contributed by atoms with E-state index in [-0.39, 0.29) is 11.7 Å². The summed E-state index contributed by atoms with van der Waals surface area (Å²) in [7, 11) is 1.69. The van der Waals surface area contributed by atoms with Gasteiger partial charge in [-0.1, -0.05) is 0 Å². The maximum Gasteiger partial charge on any atom is 0.254 e. The van der Waals surface area contributed by atoms with Gasteiger partial charge in [0.15, 0.2) is 0 Å². The minimum atomic E-state index is -0.480. The molecule has 1 heterocycles. The van der Waals surface area contributed by atoms with Crippen LogP contribution in [0.3, 0.4) is 0 Å². The number of aliphatic hydroxyl groups excluding tert-OH is 1. The zero-order valence-corrected chi connectivity index (χ0v) is 13.7. The highest BCUT2D eigenvalue weighted by Gasteiger charge is 2.32. The number of hydrogen-bond donors (Lipinski definition) is 1. The fraction of sp³-hybridized carbons (Fsp3) is 0.474. The van der Waals surface area contributed by atoms with Gasteiger partial charge in [0.25, 0.3) is 5.91 Å². The number of likely N-dealkylation sites (N-methyl/N-ethyl adjacent to an activating group) is 1. The van der Waals surface area contributed by atoms with E-state index in [1.165, 1.54) is 12.1 Å². The van der Waals surface area contributed by atoms with Crippen molar-refractivity contribution in [1.29, 1.82) is 0 Å². The maximum absolute atomic E-state index is 13.7. The molecular weight excluding hydrogens is 307 g/mol. The first-order valence-electron chi connectivity index (χ1n) is 8.56. The Balaban J connectivity index is 1.70. The molecule has 24 heavy (non-hydrogen) atoms. The van der Waals surface area contributed by atoms with Crippen molar-refractivity contribution in [3.8, 4) is 0 Å². The number of amides is 1. The number of fused-ring (bicyclic) bond motifs is 1. The highest BCUT2D eigenvalue weighted by atomic mass is 19.1. The smallest absolute Gasteiger partial charge is 0.254 e. The van der Waals surface area contributed by atoms with Crippen molar-refractivity contribution in [2.45, 2.75) is 37.7 Å². The fourth-order valence-corrected chi connectivity index (χ4v) is 3.18. The van der Waals surface area contributed by atoms with Crippen LogP contribution in [-0.4, -0.2) is 40.6 Å². The van der Waals surface area contributed by atoms with Crippen molar-refractivity contribution in [3.63, 3.8) is 0 Å². The second kappa shape index (κ2) is 5.81. The Morgan fingerprint density at radius 2 is 2.08 bits per heavy atom. The Morgan fingerprint density at radius 1 is 1.33 bits per heavy atom. The molecule has 1 amide bonds. The molecule has 2 saturated carbocycles. The number of rotatable bonds is 5. The van der Waals surface area contributed by atoms with Gasteiger partial charge in [0.1, 0.15) is 5.82 Å². The van der Waals surface area contributed by atoms with E-state index in [4.69, 9.17) is 0 Å². The summed E-state index contributed by atoms with van der Waals surface area (Å²) >= 11 is 0. The van der Waals surface area contributed by atoms with Crippen LogP contribution < -0.4 is 0 Å². The van der Waals surface area contributed by atoms with Crippen LogP contribution in [0.1, 0.15) is 47.7 Å². The molecule has 5 heteroatoms. The van der Waals surface area contributed by atoms with E-state index >= 15 is 0 Å². The number of benzene rings is 1. The lowest BCUT2D eigenvalue weighted by molar-refractivity contribution is 0.0647. The quantitative estimate of drug-likeness (QED) is 0.917. The van der Waals surface area contributed by atoms with Gasteiger partial charge in [-0.05, 0) is 55.9 Å². The van der Waals surface area contributed by atoms with E-state index in [1.54, 1.807) is 18.0 Å². The van der Waals surface area contributed by atoms with Gasteiger partial charge in [-0.25, -0.2) is 4.39 Å². The SMILES string of the molecule is CN(CC(O)C1CC1)C(=O)c1cc(C2CC2)nc2ccc(F)cc12. The van der Waals surface area contributed by atoms with E-state index in [9.17, 15) is 14.3 Å². The molecular formula is C19H21FN2O2. The van der Waals surface area contributed by atoms with Crippen molar-refractivity contribution in [3.05, 3.63) is 41.3 Å². The number of carbonyl (C=O) groups is 1. The zero-order valence-electron chi connectivity index (χ0n) is 13.7. The Bertz CT molecular complexity index is 799. The molecule has 1 atom stereocenters. The number of pyridine rings is 1. The minimum Gasteiger partial charge on any atom is -0.391 e. The molecule has 0 aliphatic heterocycles. The second-order valence-corrected chi connectivity index (χ2v) is 7.12. The summed E-state index contributed by atoms with van der Waals surface area (Å²) in [6, 6.07) is 6.19.